The summed E-state index contributed by atoms with van der Waals surface area (Å²) in [5.41, 5.74) is 7.96. The third kappa shape index (κ3) is 4.04. The van der Waals surface area contributed by atoms with Gasteiger partial charge in [0.15, 0.2) is 5.11 Å². The first-order valence-electron chi connectivity index (χ1n) is 6.87. The van der Waals surface area contributed by atoms with Crippen molar-refractivity contribution in [3.8, 4) is 0 Å². The number of aromatic nitrogens is 4. The van der Waals surface area contributed by atoms with Crippen molar-refractivity contribution < 1.29 is 4.79 Å². The minimum Gasteiger partial charge on any atom is -0.329 e. The Balaban J connectivity index is 1.79. The number of hydrazine groups is 1. The molecule has 0 saturated heterocycles. The molecule has 0 aliphatic heterocycles. The van der Waals surface area contributed by atoms with Gasteiger partial charge in [-0.05, 0) is 38.6 Å². The van der Waals surface area contributed by atoms with Gasteiger partial charge in [0.05, 0.1) is 23.8 Å². The van der Waals surface area contributed by atoms with Gasteiger partial charge in [-0.15, -0.1) is 0 Å². The number of hydrogen-bond acceptors (Lipinski definition) is 4. The molecule has 8 nitrogen and oxygen atoms in total. The van der Waals surface area contributed by atoms with Crippen molar-refractivity contribution >= 4 is 28.9 Å². The number of carbonyl (C=O) groups is 1. The number of amides is 1. The van der Waals surface area contributed by atoms with Crippen molar-refractivity contribution in [3.63, 3.8) is 0 Å². The Bertz CT molecular complexity index is 676. The first-order chi connectivity index (χ1) is 10.5. The Hall–Kier alpha value is -2.42. The van der Waals surface area contributed by atoms with Gasteiger partial charge in [-0.3, -0.25) is 25.0 Å². The molecule has 0 bridgehead atoms. The highest BCUT2D eigenvalue weighted by molar-refractivity contribution is 7.80. The number of rotatable bonds is 4. The minimum absolute atomic E-state index is 0.121. The Morgan fingerprint density at radius 3 is 2.64 bits per heavy atom. The largest absolute Gasteiger partial charge is 0.329 e. The fraction of sp³-hybridized carbons (Fsp3) is 0.385. The highest BCUT2D eigenvalue weighted by Gasteiger charge is 2.08. The van der Waals surface area contributed by atoms with Gasteiger partial charge in [0.25, 0.3) is 5.91 Å². The lowest BCUT2D eigenvalue weighted by atomic mass is 10.4. The zero-order valence-electron chi connectivity index (χ0n) is 12.8. The number of carbonyl (C=O) groups excluding carboxylic acids is 1. The SMILES string of the molecule is CCn1ncc(NC(=S)NNC(=O)Cn2cc(C)cn2)c1C. The fourth-order valence-corrected chi connectivity index (χ4v) is 2.07. The molecule has 0 fully saturated rings. The van der Waals surface area contributed by atoms with Gasteiger partial charge in [0.2, 0.25) is 0 Å². The van der Waals surface area contributed by atoms with Crippen molar-refractivity contribution in [3.05, 3.63) is 29.8 Å². The van der Waals surface area contributed by atoms with E-state index in [0.29, 0.717) is 5.11 Å². The molecule has 0 aromatic carbocycles. The topological polar surface area (TPSA) is 88.8 Å². The van der Waals surface area contributed by atoms with E-state index in [9.17, 15) is 4.79 Å². The van der Waals surface area contributed by atoms with Crippen molar-refractivity contribution in [1.29, 1.82) is 0 Å². The third-order valence-corrected chi connectivity index (χ3v) is 3.24. The van der Waals surface area contributed by atoms with E-state index in [4.69, 9.17) is 12.2 Å². The highest BCUT2D eigenvalue weighted by Crippen LogP contribution is 2.12. The van der Waals surface area contributed by atoms with E-state index in [-0.39, 0.29) is 12.5 Å². The molecule has 0 unspecified atom stereocenters. The standard InChI is InChI=1S/C13H19N7OS/c1-4-20-10(3)11(6-15-20)16-13(22)18-17-12(21)8-19-7-9(2)5-14-19/h5-7H,4,8H2,1-3H3,(H,17,21)(H2,16,18,22). The van der Waals surface area contributed by atoms with Crippen molar-refractivity contribution in [2.24, 2.45) is 0 Å². The Kier molecular flexibility index (Phi) is 5.10. The molecule has 0 spiro atoms. The van der Waals surface area contributed by atoms with Crippen LogP contribution in [-0.2, 0) is 17.9 Å². The average Bonchev–Trinajstić information content (AvgIpc) is 3.03. The highest BCUT2D eigenvalue weighted by atomic mass is 32.1. The van der Waals surface area contributed by atoms with Crippen LogP contribution in [0.5, 0.6) is 0 Å². The van der Waals surface area contributed by atoms with E-state index >= 15 is 0 Å². The number of anilines is 1. The normalized spacial score (nSPS) is 10.3. The van der Waals surface area contributed by atoms with E-state index < -0.39 is 0 Å². The van der Waals surface area contributed by atoms with Crippen molar-refractivity contribution in [1.82, 2.24) is 30.4 Å². The number of aryl methyl sites for hydroxylation is 2. The summed E-state index contributed by atoms with van der Waals surface area (Å²) in [6.45, 7) is 6.78. The van der Waals surface area contributed by atoms with Gasteiger partial charge in [-0.2, -0.15) is 10.2 Å². The smallest absolute Gasteiger partial charge is 0.260 e. The summed E-state index contributed by atoms with van der Waals surface area (Å²) in [6, 6.07) is 0. The second kappa shape index (κ2) is 7.03. The molecule has 9 heteroatoms. The van der Waals surface area contributed by atoms with Gasteiger partial charge in [-0.1, -0.05) is 0 Å². The van der Waals surface area contributed by atoms with Crippen LogP contribution in [0.15, 0.2) is 18.6 Å². The summed E-state index contributed by atoms with van der Waals surface area (Å²) < 4.78 is 3.40. The summed E-state index contributed by atoms with van der Waals surface area (Å²) in [7, 11) is 0. The van der Waals surface area contributed by atoms with Gasteiger partial charge in [-0.25, -0.2) is 0 Å². The molecule has 0 saturated carbocycles. The van der Waals surface area contributed by atoms with Gasteiger partial charge in [0, 0.05) is 12.7 Å². The fourth-order valence-electron chi connectivity index (χ4n) is 1.91. The molecule has 118 valence electrons. The predicted molar refractivity (Wildman–Crippen MR) is 87.1 cm³/mol. The van der Waals surface area contributed by atoms with Crippen LogP contribution in [0.25, 0.3) is 0 Å². The zero-order chi connectivity index (χ0) is 16.1. The molecule has 2 heterocycles. The summed E-state index contributed by atoms with van der Waals surface area (Å²) in [5.74, 6) is -0.242. The molecule has 0 radical (unpaired) electrons. The molecule has 2 rings (SSSR count). The van der Waals surface area contributed by atoms with Crippen LogP contribution < -0.4 is 16.2 Å². The van der Waals surface area contributed by atoms with E-state index in [1.54, 1.807) is 23.3 Å². The molecule has 1 amide bonds. The Labute approximate surface area is 133 Å². The molecule has 22 heavy (non-hydrogen) atoms. The molecule has 2 aromatic heterocycles. The molecule has 0 atom stereocenters. The monoisotopic (exact) mass is 321 g/mol. The average molecular weight is 321 g/mol. The number of thiocarbonyl (C=S) groups is 1. The molecule has 3 N–H and O–H groups in total. The Morgan fingerprint density at radius 1 is 1.27 bits per heavy atom. The quantitative estimate of drug-likeness (QED) is 0.568. The second-order valence-electron chi connectivity index (χ2n) is 4.80. The van der Waals surface area contributed by atoms with E-state index in [1.165, 1.54) is 0 Å². The van der Waals surface area contributed by atoms with Crippen LogP contribution in [0.2, 0.25) is 0 Å². The number of hydrogen-bond donors (Lipinski definition) is 3. The molecule has 2 aromatic rings. The minimum atomic E-state index is -0.242. The van der Waals surface area contributed by atoms with Crippen LogP contribution in [0.1, 0.15) is 18.2 Å². The maximum absolute atomic E-state index is 11.8. The van der Waals surface area contributed by atoms with Crippen LogP contribution in [0.3, 0.4) is 0 Å². The van der Waals surface area contributed by atoms with Gasteiger partial charge < -0.3 is 5.32 Å². The summed E-state index contributed by atoms with van der Waals surface area (Å²) in [4.78, 5) is 11.8. The van der Waals surface area contributed by atoms with Crippen LogP contribution in [0.4, 0.5) is 5.69 Å². The second-order valence-corrected chi connectivity index (χ2v) is 5.21. The van der Waals surface area contributed by atoms with Gasteiger partial charge >= 0.3 is 0 Å². The molecule has 0 aliphatic rings. The third-order valence-electron chi connectivity index (χ3n) is 3.03. The number of nitrogens with zero attached hydrogens (tertiary/aromatic N) is 4. The van der Waals surface area contributed by atoms with E-state index in [0.717, 1.165) is 23.5 Å². The molecular formula is C13H19N7OS. The van der Waals surface area contributed by atoms with Crippen LogP contribution >= 0.6 is 12.2 Å². The lowest BCUT2D eigenvalue weighted by Gasteiger charge is -2.11. The van der Waals surface area contributed by atoms with Crippen molar-refractivity contribution in [2.75, 3.05) is 5.32 Å². The summed E-state index contributed by atoms with van der Waals surface area (Å²) >= 11 is 5.13. The zero-order valence-corrected chi connectivity index (χ0v) is 13.6. The van der Waals surface area contributed by atoms with Gasteiger partial charge in [0.1, 0.15) is 6.54 Å². The lowest BCUT2D eigenvalue weighted by molar-refractivity contribution is -0.122. The maximum Gasteiger partial charge on any atom is 0.260 e. The van der Waals surface area contributed by atoms with Crippen LogP contribution in [-0.4, -0.2) is 30.6 Å². The summed E-state index contributed by atoms with van der Waals surface area (Å²) in [5, 5.41) is 11.5. The molecular weight excluding hydrogens is 302 g/mol. The summed E-state index contributed by atoms with van der Waals surface area (Å²) in [6.07, 6.45) is 5.18. The first-order valence-corrected chi connectivity index (χ1v) is 7.27. The van der Waals surface area contributed by atoms with Crippen LogP contribution in [0, 0.1) is 13.8 Å². The Morgan fingerprint density at radius 2 is 2.05 bits per heavy atom. The molecule has 0 aliphatic carbocycles. The van der Waals surface area contributed by atoms with E-state index in [2.05, 4.69) is 26.4 Å². The predicted octanol–water partition coefficient (Wildman–Crippen LogP) is 0.734. The van der Waals surface area contributed by atoms with E-state index in [1.807, 2.05) is 25.5 Å². The number of nitrogens with one attached hydrogen (secondary N) is 3. The maximum atomic E-state index is 11.8. The lowest BCUT2D eigenvalue weighted by Crippen LogP contribution is -2.45. The first kappa shape index (κ1) is 16.0. The van der Waals surface area contributed by atoms with Crippen molar-refractivity contribution in [2.45, 2.75) is 33.9 Å².